The lowest BCUT2D eigenvalue weighted by Crippen LogP contribution is -2.10. The predicted molar refractivity (Wildman–Crippen MR) is 108 cm³/mol. The highest BCUT2D eigenvalue weighted by Crippen LogP contribution is 2.58. The minimum atomic E-state index is -4.70. The van der Waals surface area contributed by atoms with Crippen molar-refractivity contribution in [2.75, 3.05) is 0 Å². The number of hydrogen-bond donors (Lipinski definition) is 0. The number of hydrogen-bond acceptors (Lipinski definition) is 1. The first-order chi connectivity index (χ1) is 12.4. The fourth-order valence-corrected chi connectivity index (χ4v) is 4.15. The van der Waals surface area contributed by atoms with Crippen LogP contribution in [0.1, 0.15) is 11.1 Å². The van der Waals surface area contributed by atoms with Gasteiger partial charge in [-0.1, -0.05) is 60.7 Å². The van der Waals surface area contributed by atoms with Crippen molar-refractivity contribution in [1.29, 1.82) is 5.26 Å². The van der Waals surface area contributed by atoms with Crippen LogP contribution in [0.25, 0.3) is 8.06 Å². The Bertz CT molecular complexity index is 918. The lowest BCUT2D eigenvalue weighted by Gasteiger charge is -2.02. The fourth-order valence-electron chi connectivity index (χ4n) is 2.60. The van der Waals surface area contributed by atoms with Gasteiger partial charge in [0.15, 0.2) is 0 Å². The van der Waals surface area contributed by atoms with Crippen LogP contribution >= 0.6 is 38.5 Å². The van der Waals surface area contributed by atoms with Crippen molar-refractivity contribution < 1.29 is 13.2 Å². The van der Waals surface area contributed by atoms with Crippen molar-refractivity contribution in [3.63, 3.8) is 0 Å². The van der Waals surface area contributed by atoms with Gasteiger partial charge in [-0.2, -0.15) is 18.4 Å². The van der Waals surface area contributed by atoms with E-state index in [0.29, 0.717) is 19.2 Å². The Balaban J connectivity index is 2.29. The van der Waals surface area contributed by atoms with Gasteiger partial charge >= 0.3 is 6.18 Å². The minimum absolute atomic E-state index is 0.0380. The lowest BCUT2D eigenvalue weighted by molar-refractivity contribution is -0.0875. The molecule has 3 rings (SSSR count). The molecule has 2 aromatic rings. The molecule has 0 aromatic heterocycles. The first-order valence-corrected chi connectivity index (χ1v) is 9.36. The van der Waals surface area contributed by atoms with E-state index in [0.717, 1.165) is 11.1 Å². The third-order valence-corrected chi connectivity index (χ3v) is 5.84. The molecule has 2 aromatic carbocycles. The van der Waals surface area contributed by atoms with Crippen molar-refractivity contribution >= 4 is 46.6 Å². The van der Waals surface area contributed by atoms with E-state index < -0.39 is 11.7 Å². The normalized spacial score (nSPS) is 19.5. The zero-order valence-electron chi connectivity index (χ0n) is 13.1. The zero-order valence-corrected chi connectivity index (χ0v) is 16.9. The van der Waals surface area contributed by atoms with Crippen LogP contribution in [0.3, 0.4) is 0 Å². The molecule has 1 nitrogen and oxygen atoms in total. The monoisotopic (exact) mass is 527 g/mol. The molecular weight excluding hydrogens is 518 g/mol. The van der Waals surface area contributed by atoms with E-state index in [1.165, 1.54) is 6.07 Å². The van der Waals surface area contributed by atoms with Gasteiger partial charge in [0.2, 0.25) is 0 Å². The van der Waals surface area contributed by atoms with Crippen LogP contribution < -0.4 is 0 Å². The highest BCUT2D eigenvalue weighted by atomic mass is 127. The maximum Gasteiger partial charge on any atom is 0.426 e. The van der Waals surface area contributed by atoms with Crippen LogP contribution in [0.15, 0.2) is 83.0 Å². The smallest absolute Gasteiger partial charge is 0.192 e. The molecule has 26 heavy (non-hydrogen) atoms. The Kier molecular flexibility index (Phi) is 5.39. The molecule has 0 aliphatic heterocycles. The van der Waals surface area contributed by atoms with E-state index in [1.807, 2.05) is 71.1 Å². The maximum absolute atomic E-state index is 13.3. The van der Waals surface area contributed by atoms with E-state index in [1.54, 1.807) is 12.1 Å². The number of nitrogens with zero attached hydrogens (tertiary/aromatic N) is 1. The summed E-state index contributed by atoms with van der Waals surface area (Å²) in [5.41, 5.74) is 1.25. The first-order valence-electron chi connectivity index (χ1n) is 7.49. The standard InChI is InChI=1S/C20H10BrF3IN/c21-18(12-7-3-1-4-8-12)16-15(14(11-26)20(22,23)24)17(16)19(25)13-9-5-2-6-10-13/h1-10H/b15-14-,18-16+,19-17?. The van der Waals surface area contributed by atoms with Crippen molar-refractivity contribution in [2.24, 2.45) is 0 Å². The van der Waals surface area contributed by atoms with Crippen molar-refractivity contribution in [2.45, 2.75) is 6.18 Å². The van der Waals surface area contributed by atoms with E-state index >= 15 is 0 Å². The second-order valence-corrected chi connectivity index (χ2v) is 7.34. The summed E-state index contributed by atoms with van der Waals surface area (Å²) in [7, 11) is 0. The average Bonchev–Trinajstić information content (AvgIpc) is 3.36. The first kappa shape index (κ1) is 18.9. The highest BCUT2D eigenvalue weighted by Gasteiger charge is 2.47. The third kappa shape index (κ3) is 3.64. The second kappa shape index (κ2) is 7.41. The average molecular weight is 528 g/mol. The van der Waals surface area contributed by atoms with Gasteiger partial charge < -0.3 is 0 Å². The summed E-state index contributed by atoms with van der Waals surface area (Å²) in [6.07, 6.45) is -4.70. The summed E-state index contributed by atoms with van der Waals surface area (Å²) >= 11 is 5.46. The van der Waals surface area contributed by atoms with Gasteiger partial charge in [-0.15, -0.1) is 0 Å². The van der Waals surface area contributed by atoms with Crippen molar-refractivity contribution in [3.8, 4) is 6.07 Å². The van der Waals surface area contributed by atoms with Crippen molar-refractivity contribution in [1.82, 2.24) is 0 Å². The molecule has 0 N–H and O–H groups in total. The molecule has 6 heteroatoms. The summed E-state index contributed by atoms with van der Waals surface area (Å²) in [5.74, 6) is 0. The topological polar surface area (TPSA) is 23.8 Å². The maximum atomic E-state index is 13.3. The molecule has 0 unspecified atom stereocenters. The Hall–Kier alpha value is -1.85. The molecule has 1 fully saturated rings. The number of nitriles is 1. The Morgan fingerprint density at radius 2 is 1.35 bits per heavy atom. The lowest BCUT2D eigenvalue weighted by atomic mass is 10.2. The summed E-state index contributed by atoms with van der Waals surface area (Å²) in [6.45, 7) is 0. The number of benzene rings is 2. The molecule has 0 bridgehead atoms. The summed E-state index contributed by atoms with van der Waals surface area (Å²) in [4.78, 5) is 0. The number of alkyl halides is 3. The molecule has 1 aliphatic carbocycles. The van der Waals surface area contributed by atoms with Crippen LogP contribution in [0.4, 0.5) is 13.2 Å². The van der Waals surface area contributed by atoms with E-state index in [-0.39, 0.29) is 5.57 Å². The molecule has 1 saturated carbocycles. The van der Waals surface area contributed by atoms with Crippen LogP contribution in [0.5, 0.6) is 0 Å². The zero-order chi connectivity index (χ0) is 18.9. The van der Waals surface area contributed by atoms with Gasteiger partial charge in [0, 0.05) is 24.8 Å². The molecule has 0 radical (unpaired) electrons. The molecule has 0 amide bonds. The SMILES string of the molecule is N#C/C(=C1/C(=C(I)c2ccccc2)/C1=C(/Br)c1ccccc1)C(F)(F)F. The second-order valence-electron chi connectivity index (χ2n) is 5.47. The molecule has 0 atom stereocenters. The van der Waals surface area contributed by atoms with Crippen LogP contribution in [-0.4, -0.2) is 6.18 Å². The predicted octanol–water partition coefficient (Wildman–Crippen LogP) is 7.03. The summed E-state index contributed by atoms with van der Waals surface area (Å²) in [5, 5.41) is 9.12. The third-order valence-electron chi connectivity index (χ3n) is 3.83. The van der Waals surface area contributed by atoms with Crippen LogP contribution in [-0.2, 0) is 0 Å². The highest BCUT2D eigenvalue weighted by molar-refractivity contribution is 14.1. The van der Waals surface area contributed by atoms with Gasteiger partial charge in [0.25, 0.3) is 0 Å². The number of halogens is 5. The number of allylic oxidation sites excluding steroid dienone is 4. The van der Waals surface area contributed by atoms with Crippen LogP contribution in [0.2, 0.25) is 0 Å². The van der Waals surface area contributed by atoms with Gasteiger partial charge in [-0.05, 0) is 49.6 Å². The van der Waals surface area contributed by atoms with Crippen LogP contribution in [0, 0.1) is 11.3 Å². The van der Waals surface area contributed by atoms with E-state index in [4.69, 9.17) is 5.26 Å². The Morgan fingerprint density at radius 1 is 0.846 bits per heavy atom. The fraction of sp³-hybridized carbons (Fsp3) is 0.0500. The van der Waals surface area contributed by atoms with Crippen molar-refractivity contribution in [3.05, 3.63) is 94.1 Å². The summed E-state index contributed by atoms with van der Waals surface area (Å²) < 4.78 is 41.3. The quantitative estimate of drug-likeness (QED) is 0.303. The van der Waals surface area contributed by atoms with Gasteiger partial charge in [0.1, 0.15) is 11.6 Å². The molecule has 0 saturated heterocycles. The molecular formula is C20H10BrF3IN. The molecule has 0 spiro atoms. The van der Waals surface area contributed by atoms with Gasteiger partial charge in [0.05, 0.1) is 0 Å². The van der Waals surface area contributed by atoms with E-state index in [9.17, 15) is 13.2 Å². The summed E-state index contributed by atoms with van der Waals surface area (Å²) in [6, 6.07) is 19.6. The van der Waals surface area contributed by atoms with Gasteiger partial charge in [-0.3, -0.25) is 0 Å². The number of rotatable bonds is 2. The largest absolute Gasteiger partial charge is 0.426 e. The molecule has 1 aliphatic rings. The van der Waals surface area contributed by atoms with E-state index in [2.05, 4.69) is 15.9 Å². The Morgan fingerprint density at radius 3 is 1.81 bits per heavy atom. The molecule has 0 heterocycles. The molecule has 130 valence electrons. The Labute approximate surface area is 170 Å². The minimum Gasteiger partial charge on any atom is -0.192 e. The van der Waals surface area contributed by atoms with Gasteiger partial charge in [-0.25, -0.2) is 0 Å².